The van der Waals surface area contributed by atoms with Gasteiger partial charge < -0.3 is 4.74 Å². The second-order valence-corrected chi connectivity index (χ2v) is 9.74. The Kier molecular flexibility index (Phi) is 8.61. The summed E-state index contributed by atoms with van der Waals surface area (Å²) in [6.07, 6.45) is 2.73. The van der Waals surface area contributed by atoms with E-state index in [9.17, 15) is 17.6 Å². The zero-order valence-corrected chi connectivity index (χ0v) is 19.7. The van der Waals surface area contributed by atoms with Gasteiger partial charge in [-0.3, -0.25) is 4.79 Å². The number of rotatable bonds is 10. The summed E-state index contributed by atoms with van der Waals surface area (Å²) in [5, 5.41) is 0.436. The van der Waals surface area contributed by atoms with Gasteiger partial charge in [-0.1, -0.05) is 48.0 Å². The smallest absolute Gasteiger partial charge is 0.305 e. The number of carbonyl (C=O) groups excluding carboxylic acids is 1. The minimum absolute atomic E-state index is 0.0845. The molecule has 1 unspecified atom stereocenters. The molecule has 0 aliphatic rings. The number of hydrogen-bond acceptors (Lipinski definition) is 4. The summed E-state index contributed by atoms with van der Waals surface area (Å²) >= 11 is 5.88. The lowest BCUT2D eigenvalue weighted by atomic mass is 9.97. The van der Waals surface area contributed by atoms with Gasteiger partial charge in [-0.2, -0.15) is 4.72 Å². The van der Waals surface area contributed by atoms with E-state index in [1.54, 1.807) is 12.1 Å². The van der Waals surface area contributed by atoms with Gasteiger partial charge in [0.05, 0.1) is 18.0 Å². The summed E-state index contributed by atoms with van der Waals surface area (Å²) in [6.45, 7) is 0. The summed E-state index contributed by atoms with van der Waals surface area (Å²) in [6, 6.07) is 18.5. The first-order valence-corrected chi connectivity index (χ1v) is 12.3. The van der Waals surface area contributed by atoms with Crippen molar-refractivity contribution in [3.8, 4) is 0 Å². The van der Waals surface area contributed by atoms with Gasteiger partial charge >= 0.3 is 5.97 Å². The lowest BCUT2D eigenvalue weighted by molar-refractivity contribution is -0.140. The molecule has 0 fully saturated rings. The van der Waals surface area contributed by atoms with Crippen molar-refractivity contribution in [3.05, 3.63) is 100 Å². The number of halogens is 2. The monoisotopic (exact) mass is 489 g/mol. The van der Waals surface area contributed by atoms with Gasteiger partial charge in [0.15, 0.2) is 0 Å². The third kappa shape index (κ3) is 7.12. The first-order chi connectivity index (χ1) is 15.8. The molecule has 33 heavy (non-hydrogen) atoms. The molecule has 5 nitrogen and oxygen atoms in total. The molecule has 0 bridgehead atoms. The van der Waals surface area contributed by atoms with Crippen LogP contribution in [0.5, 0.6) is 0 Å². The van der Waals surface area contributed by atoms with Crippen LogP contribution in [0.15, 0.2) is 77.7 Å². The van der Waals surface area contributed by atoms with Crippen molar-refractivity contribution in [1.82, 2.24) is 4.72 Å². The number of esters is 1. The first-order valence-electron chi connectivity index (χ1n) is 10.5. The third-order valence-corrected chi connectivity index (χ3v) is 6.93. The minimum Gasteiger partial charge on any atom is -0.469 e. The maximum atomic E-state index is 13.5. The maximum Gasteiger partial charge on any atom is 0.305 e. The van der Waals surface area contributed by atoms with E-state index in [-0.39, 0.29) is 10.9 Å². The van der Waals surface area contributed by atoms with Gasteiger partial charge in [-0.15, -0.1) is 0 Å². The van der Waals surface area contributed by atoms with Crippen molar-refractivity contribution in [2.45, 2.75) is 36.6 Å². The van der Waals surface area contributed by atoms with Gasteiger partial charge in [0.2, 0.25) is 10.0 Å². The zero-order chi connectivity index (χ0) is 23.8. The van der Waals surface area contributed by atoms with E-state index in [2.05, 4.69) is 9.46 Å². The summed E-state index contributed by atoms with van der Waals surface area (Å²) in [5.74, 6) is -0.624. The average Bonchev–Trinajstić information content (AvgIpc) is 2.81. The highest BCUT2D eigenvalue weighted by Gasteiger charge is 2.23. The van der Waals surface area contributed by atoms with Gasteiger partial charge in [0.25, 0.3) is 0 Å². The Bertz CT molecular complexity index is 1160. The van der Waals surface area contributed by atoms with Crippen LogP contribution in [0, 0.1) is 5.82 Å². The molecule has 0 aliphatic carbocycles. The Morgan fingerprint density at radius 1 is 0.939 bits per heavy atom. The fraction of sp³-hybridized carbons (Fsp3) is 0.240. The quantitative estimate of drug-likeness (QED) is 0.304. The average molecular weight is 490 g/mol. The molecule has 0 aromatic heterocycles. The standard InChI is InChI=1S/C25H25ClFNO4S/c1-32-24(29)5-3-2-4-18-6-8-19(9-7-18)25(20-10-14-22(27)15-11-20)28-33(30,31)23-16-12-21(26)13-17-23/h6-17,25,28H,2-5H2,1H3. The molecule has 0 saturated carbocycles. The molecule has 0 amide bonds. The minimum atomic E-state index is -3.87. The molecule has 0 spiro atoms. The van der Waals surface area contributed by atoms with Crippen LogP contribution in [0.2, 0.25) is 5.02 Å². The number of hydrogen-bond donors (Lipinski definition) is 1. The Morgan fingerprint density at radius 2 is 1.52 bits per heavy atom. The highest BCUT2D eigenvalue weighted by atomic mass is 35.5. The molecule has 1 atom stereocenters. The number of methoxy groups -OCH3 is 1. The van der Waals surface area contributed by atoms with E-state index in [0.717, 1.165) is 30.4 Å². The van der Waals surface area contributed by atoms with Crippen molar-refractivity contribution in [2.24, 2.45) is 0 Å². The highest BCUT2D eigenvalue weighted by molar-refractivity contribution is 7.89. The van der Waals surface area contributed by atoms with E-state index >= 15 is 0 Å². The van der Waals surface area contributed by atoms with Crippen LogP contribution in [0.25, 0.3) is 0 Å². The van der Waals surface area contributed by atoms with Crippen LogP contribution in [-0.2, 0) is 26.0 Å². The molecule has 3 rings (SSSR count). The molecule has 1 N–H and O–H groups in total. The SMILES string of the molecule is COC(=O)CCCCc1ccc(C(NS(=O)(=O)c2ccc(Cl)cc2)c2ccc(F)cc2)cc1. The first kappa shape index (κ1) is 24.9. The summed E-state index contributed by atoms with van der Waals surface area (Å²) < 4.78 is 46.9. The van der Waals surface area contributed by atoms with Gasteiger partial charge in [-0.05, 0) is 72.4 Å². The second kappa shape index (κ2) is 11.4. The zero-order valence-electron chi connectivity index (χ0n) is 18.1. The number of carbonyl (C=O) groups is 1. The summed E-state index contributed by atoms with van der Waals surface area (Å²) in [4.78, 5) is 11.3. The molecule has 0 heterocycles. The van der Waals surface area contributed by atoms with Crippen LogP contribution in [0.3, 0.4) is 0 Å². The van der Waals surface area contributed by atoms with Gasteiger partial charge in [0.1, 0.15) is 5.82 Å². The molecule has 0 aliphatic heterocycles. The molecule has 174 valence electrons. The molecule has 0 radical (unpaired) electrons. The lowest BCUT2D eigenvalue weighted by Gasteiger charge is -2.20. The fourth-order valence-electron chi connectivity index (χ4n) is 3.40. The molecule has 3 aromatic carbocycles. The predicted molar refractivity (Wildman–Crippen MR) is 126 cm³/mol. The molecule has 0 saturated heterocycles. The Labute approximate surface area is 198 Å². The van der Waals surface area contributed by atoms with Crippen LogP contribution in [0.1, 0.15) is 42.0 Å². The number of benzene rings is 3. The summed E-state index contributed by atoms with van der Waals surface area (Å²) in [7, 11) is -2.49. The van der Waals surface area contributed by atoms with E-state index < -0.39 is 21.9 Å². The van der Waals surface area contributed by atoms with Crippen LogP contribution < -0.4 is 4.72 Å². The van der Waals surface area contributed by atoms with Crippen molar-refractivity contribution >= 4 is 27.6 Å². The number of ether oxygens (including phenoxy) is 1. The number of sulfonamides is 1. The molecule has 3 aromatic rings. The van der Waals surface area contributed by atoms with Crippen molar-refractivity contribution in [3.63, 3.8) is 0 Å². The Hall–Kier alpha value is -2.74. The largest absolute Gasteiger partial charge is 0.469 e. The number of nitrogens with one attached hydrogen (secondary N) is 1. The number of aryl methyl sites for hydroxylation is 1. The highest BCUT2D eigenvalue weighted by Crippen LogP contribution is 2.26. The van der Waals surface area contributed by atoms with E-state index in [4.69, 9.17) is 11.6 Å². The van der Waals surface area contributed by atoms with E-state index in [1.807, 2.05) is 24.3 Å². The fourth-order valence-corrected chi connectivity index (χ4v) is 4.74. The predicted octanol–water partition coefficient (Wildman–Crippen LogP) is 5.43. The third-order valence-electron chi connectivity index (χ3n) is 5.24. The Morgan fingerprint density at radius 3 is 2.09 bits per heavy atom. The summed E-state index contributed by atoms with van der Waals surface area (Å²) in [5.41, 5.74) is 2.40. The van der Waals surface area contributed by atoms with E-state index in [1.165, 1.54) is 43.5 Å². The lowest BCUT2D eigenvalue weighted by Crippen LogP contribution is -2.29. The molecular formula is C25H25ClFNO4S. The molecular weight excluding hydrogens is 465 g/mol. The maximum absolute atomic E-state index is 13.5. The van der Waals surface area contributed by atoms with Crippen molar-refractivity contribution in [2.75, 3.05) is 7.11 Å². The van der Waals surface area contributed by atoms with Crippen molar-refractivity contribution < 1.29 is 22.3 Å². The van der Waals surface area contributed by atoms with Crippen molar-refractivity contribution in [1.29, 1.82) is 0 Å². The normalized spacial score (nSPS) is 12.3. The van der Waals surface area contributed by atoms with Crippen LogP contribution in [-0.4, -0.2) is 21.5 Å². The van der Waals surface area contributed by atoms with Crippen LogP contribution in [0.4, 0.5) is 4.39 Å². The van der Waals surface area contributed by atoms with Gasteiger partial charge in [0, 0.05) is 11.4 Å². The van der Waals surface area contributed by atoms with Gasteiger partial charge in [-0.25, -0.2) is 12.8 Å². The molecule has 8 heteroatoms. The number of unbranched alkanes of at least 4 members (excludes halogenated alkanes) is 1. The Balaban J connectivity index is 1.80. The van der Waals surface area contributed by atoms with E-state index in [0.29, 0.717) is 17.0 Å². The second-order valence-electron chi connectivity index (χ2n) is 7.58. The topological polar surface area (TPSA) is 72.5 Å². The van der Waals surface area contributed by atoms with Crippen LogP contribution >= 0.6 is 11.6 Å².